The highest BCUT2D eigenvalue weighted by molar-refractivity contribution is 5.98. The molecule has 2 heterocycles. The number of hydrogen-bond acceptors (Lipinski definition) is 6. The maximum atomic E-state index is 11.9. The molecule has 3 rings (SSSR count). The monoisotopic (exact) mass is 301 g/mol. The summed E-state index contributed by atoms with van der Waals surface area (Å²) < 4.78 is 16.0. The lowest BCUT2D eigenvalue weighted by molar-refractivity contribution is 0.101. The topological polar surface area (TPSA) is 77.8 Å². The number of fused-ring (bicyclic) bond motifs is 1. The molecule has 0 aliphatic carbocycles. The number of hydrogen-bond donors (Lipinski definition) is 1. The van der Waals surface area contributed by atoms with Crippen LogP contribution in [0.25, 0.3) is 0 Å². The van der Waals surface area contributed by atoms with Crippen LogP contribution in [0, 0.1) is 6.92 Å². The van der Waals surface area contributed by atoms with Crippen LogP contribution < -0.4 is 20.2 Å². The average molecular weight is 301 g/mol. The lowest BCUT2D eigenvalue weighted by Crippen LogP contribution is -2.16. The van der Waals surface area contributed by atoms with Gasteiger partial charge < -0.3 is 19.2 Å². The number of rotatable bonds is 4. The molecule has 1 aromatic heterocycles. The van der Waals surface area contributed by atoms with Crippen molar-refractivity contribution < 1.29 is 18.7 Å². The van der Waals surface area contributed by atoms with Gasteiger partial charge in [-0.2, -0.15) is 0 Å². The highest BCUT2D eigenvalue weighted by Crippen LogP contribution is 2.32. The Hall–Kier alpha value is -2.76. The lowest BCUT2D eigenvalue weighted by Gasteiger charge is -2.10. The van der Waals surface area contributed by atoms with E-state index in [0.29, 0.717) is 23.8 Å². The van der Waals surface area contributed by atoms with Gasteiger partial charge in [-0.25, -0.2) is 0 Å². The predicted octanol–water partition coefficient (Wildman–Crippen LogP) is 2.49. The highest BCUT2D eigenvalue weighted by atomic mass is 16.7. The maximum absolute atomic E-state index is 11.9. The standard InChI is InChI=1S/C16H15NO5/c1-9-5-12(19)15(10(2)18)16(22-9)17-7-11-3-4-13-14(6-11)21-8-20-13/h3-6,17H,7-8H2,1-2H3. The molecule has 6 nitrogen and oxygen atoms in total. The Kier molecular flexibility index (Phi) is 3.58. The second kappa shape index (κ2) is 5.55. The summed E-state index contributed by atoms with van der Waals surface area (Å²) in [6.45, 7) is 3.61. The van der Waals surface area contributed by atoms with Gasteiger partial charge in [0.25, 0.3) is 0 Å². The normalized spacial score (nSPS) is 12.3. The van der Waals surface area contributed by atoms with Crippen molar-refractivity contribution in [2.45, 2.75) is 20.4 Å². The minimum Gasteiger partial charge on any atom is -0.454 e. The summed E-state index contributed by atoms with van der Waals surface area (Å²) in [6.07, 6.45) is 0. The van der Waals surface area contributed by atoms with Crippen molar-refractivity contribution in [3.05, 3.63) is 51.4 Å². The van der Waals surface area contributed by atoms with E-state index in [1.54, 1.807) is 6.92 Å². The van der Waals surface area contributed by atoms with Gasteiger partial charge in [-0.3, -0.25) is 9.59 Å². The Bertz CT molecular complexity index is 794. The summed E-state index contributed by atoms with van der Waals surface area (Å²) >= 11 is 0. The van der Waals surface area contributed by atoms with Gasteiger partial charge in [0.15, 0.2) is 22.7 Å². The van der Waals surface area contributed by atoms with Crippen LogP contribution in [0.3, 0.4) is 0 Å². The van der Waals surface area contributed by atoms with Crippen LogP contribution in [0.4, 0.5) is 5.88 Å². The molecule has 2 aromatic rings. The van der Waals surface area contributed by atoms with Gasteiger partial charge >= 0.3 is 0 Å². The number of carbonyl (C=O) groups excluding carboxylic acids is 1. The average Bonchev–Trinajstić information content (AvgIpc) is 2.91. The number of benzene rings is 1. The van der Waals surface area contributed by atoms with Gasteiger partial charge in [0.1, 0.15) is 11.3 Å². The van der Waals surface area contributed by atoms with Gasteiger partial charge in [-0.05, 0) is 31.5 Å². The molecule has 0 amide bonds. The fourth-order valence-corrected chi connectivity index (χ4v) is 2.30. The van der Waals surface area contributed by atoms with E-state index in [1.807, 2.05) is 18.2 Å². The van der Waals surface area contributed by atoms with E-state index < -0.39 is 0 Å². The molecule has 0 saturated carbocycles. The molecule has 6 heteroatoms. The molecule has 0 fully saturated rings. The van der Waals surface area contributed by atoms with Crippen LogP contribution in [-0.4, -0.2) is 12.6 Å². The molecule has 0 bridgehead atoms. The smallest absolute Gasteiger partial charge is 0.231 e. The van der Waals surface area contributed by atoms with Crippen LogP contribution in [-0.2, 0) is 6.54 Å². The number of ketones is 1. The molecule has 0 unspecified atom stereocenters. The summed E-state index contributed by atoms with van der Waals surface area (Å²) in [6, 6.07) is 6.85. The van der Waals surface area contributed by atoms with Crippen LogP contribution in [0.15, 0.2) is 33.5 Å². The molecule has 0 saturated heterocycles. The van der Waals surface area contributed by atoms with Gasteiger partial charge in [0.05, 0.1) is 0 Å². The van der Waals surface area contributed by atoms with E-state index in [9.17, 15) is 9.59 Å². The minimum absolute atomic E-state index is 0.0337. The van der Waals surface area contributed by atoms with E-state index in [1.165, 1.54) is 13.0 Å². The first-order valence-electron chi connectivity index (χ1n) is 6.82. The summed E-state index contributed by atoms with van der Waals surface area (Å²) in [5.41, 5.74) is 0.610. The fraction of sp³-hybridized carbons (Fsp3) is 0.250. The predicted molar refractivity (Wildman–Crippen MR) is 79.6 cm³/mol. The summed E-state index contributed by atoms with van der Waals surface area (Å²) in [5, 5.41) is 3.00. The van der Waals surface area contributed by atoms with E-state index in [-0.39, 0.29) is 29.5 Å². The second-order valence-corrected chi connectivity index (χ2v) is 5.02. The van der Waals surface area contributed by atoms with Crippen molar-refractivity contribution in [1.82, 2.24) is 0 Å². The Morgan fingerprint density at radius 1 is 1.23 bits per heavy atom. The van der Waals surface area contributed by atoms with Crippen molar-refractivity contribution >= 4 is 11.7 Å². The third-order valence-corrected chi connectivity index (χ3v) is 3.31. The zero-order chi connectivity index (χ0) is 15.7. The molecule has 1 N–H and O–H groups in total. The quantitative estimate of drug-likeness (QED) is 0.874. The first kappa shape index (κ1) is 14.2. The Labute approximate surface area is 126 Å². The number of anilines is 1. The Morgan fingerprint density at radius 3 is 2.77 bits per heavy atom. The first-order chi connectivity index (χ1) is 10.5. The van der Waals surface area contributed by atoms with Gasteiger partial charge in [-0.1, -0.05) is 6.07 Å². The zero-order valence-electron chi connectivity index (χ0n) is 12.3. The number of aryl methyl sites for hydroxylation is 1. The summed E-state index contributed by atoms with van der Waals surface area (Å²) in [4.78, 5) is 23.5. The lowest BCUT2D eigenvalue weighted by atomic mass is 10.1. The molecule has 1 aliphatic heterocycles. The van der Waals surface area contributed by atoms with Crippen molar-refractivity contribution in [2.75, 3.05) is 12.1 Å². The van der Waals surface area contributed by atoms with Crippen molar-refractivity contribution in [3.63, 3.8) is 0 Å². The number of ether oxygens (including phenoxy) is 2. The SMILES string of the molecule is CC(=O)c1c(NCc2ccc3c(c2)OCO3)oc(C)cc1=O. The van der Waals surface area contributed by atoms with Gasteiger partial charge in [0.2, 0.25) is 12.7 Å². The number of carbonyl (C=O) groups is 1. The molecule has 1 aliphatic rings. The Balaban J connectivity index is 1.85. The van der Waals surface area contributed by atoms with Crippen molar-refractivity contribution in [1.29, 1.82) is 0 Å². The molecule has 22 heavy (non-hydrogen) atoms. The third kappa shape index (κ3) is 2.67. The van der Waals surface area contributed by atoms with E-state index in [4.69, 9.17) is 13.9 Å². The van der Waals surface area contributed by atoms with Crippen LogP contribution in [0.5, 0.6) is 11.5 Å². The maximum Gasteiger partial charge on any atom is 0.231 e. The number of nitrogens with one attached hydrogen (secondary N) is 1. The van der Waals surface area contributed by atoms with Crippen LogP contribution in [0.1, 0.15) is 28.6 Å². The van der Waals surface area contributed by atoms with Gasteiger partial charge in [0, 0.05) is 12.6 Å². The van der Waals surface area contributed by atoms with Crippen LogP contribution >= 0.6 is 0 Å². The van der Waals surface area contributed by atoms with E-state index >= 15 is 0 Å². The van der Waals surface area contributed by atoms with Gasteiger partial charge in [-0.15, -0.1) is 0 Å². The first-order valence-corrected chi connectivity index (χ1v) is 6.82. The third-order valence-electron chi connectivity index (χ3n) is 3.31. The summed E-state index contributed by atoms with van der Waals surface area (Å²) in [5.74, 6) is 1.69. The Morgan fingerprint density at radius 2 is 2.00 bits per heavy atom. The van der Waals surface area contributed by atoms with Crippen molar-refractivity contribution in [3.8, 4) is 11.5 Å². The van der Waals surface area contributed by atoms with Crippen molar-refractivity contribution in [2.24, 2.45) is 0 Å². The zero-order valence-corrected chi connectivity index (χ0v) is 12.3. The fourth-order valence-electron chi connectivity index (χ4n) is 2.30. The molecular formula is C16H15NO5. The molecule has 1 aromatic carbocycles. The minimum atomic E-state index is -0.343. The molecular weight excluding hydrogens is 286 g/mol. The molecule has 0 radical (unpaired) electrons. The number of Topliss-reactive ketones (excluding diaryl/α,β-unsaturated/α-hetero) is 1. The second-order valence-electron chi connectivity index (χ2n) is 5.02. The van der Waals surface area contributed by atoms with Crippen LogP contribution in [0.2, 0.25) is 0 Å². The molecule has 0 spiro atoms. The molecule has 0 atom stereocenters. The van der Waals surface area contributed by atoms with E-state index in [2.05, 4.69) is 5.32 Å². The highest BCUT2D eigenvalue weighted by Gasteiger charge is 2.16. The summed E-state index contributed by atoms with van der Waals surface area (Å²) in [7, 11) is 0. The largest absolute Gasteiger partial charge is 0.454 e. The molecule has 114 valence electrons. The van der Waals surface area contributed by atoms with E-state index in [0.717, 1.165) is 5.56 Å².